The van der Waals surface area contributed by atoms with Crippen molar-refractivity contribution in [1.82, 2.24) is 0 Å². The quantitative estimate of drug-likeness (QED) is 0.462. The standard InChI is InChI=1S/C7H7O.2BrH.Mg/c1-8-7-5-3-2-4-6-7;;;/h3-6H,1H3;2*1H;/q-1;;;+2/p-1. The molecule has 0 saturated heterocycles. The third-order valence-corrected chi connectivity index (χ3v) is 0.923. The van der Waals surface area contributed by atoms with Crippen molar-refractivity contribution < 1.29 is 21.7 Å². The minimum Gasteiger partial charge on any atom is -1.00 e. The molecule has 0 saturated carbocycles. The molecule has 1 rings (SSSR count). The van der Waals surface area contributed by atoms with E-state index >= 15 is 0 Å². The summed E-state index contributed by atoms with van der Waals surface area (Å²) in [5, 5.41) is 0. The molecule has 0 aliphatic heterocycles. The SMILES string of the molecule is Br.COc1cc[c-]cc1.[Br-].[Mg+2]. The molecule has 0 spiro atoms. The summed E-state index contributed by atoms with van der Waals surface area (Å²) in [6.45, 7) is 0. The average molecular weight is 292 g/mol. The van der Waals surface area contributed by atoms with Crippen LogP contribution in [0.3, 0.4) is 0 Å². The molecule has 1 nitrogen and oxygen atoms in total. The Hall–Kier alpha value is 0.746. The summed E-state index contributed by atoms with van der Waals surface area (Å²) in [6, 6.07) is 10.2. The number of hydrogen-bond donors (Lipinski definition) is 0. The van der Waals surface area contributed by atoms with Crippen molar-refractivity contribution in [3.63, 3.8) is 0 Å². The summed E-state index contributed by atoms with van der Waals surface area (Å²) in [4.78, 5) is 0. The summed E-state index contributed by atoms with van der Waals surface area (Å²) in [7, 11) is 1.65. The molecule has 58 valence electrons. The molecule has 0 amide bonds. The first-order chi connectivity index (χ1) is 3.93. The molecule has 4 heteroatoms. The molecule has 0 radical (unpaired) electrons. The van der Waals surface area contributed by atoms with Crippen molar-refractivity contribution >= 4 is 40.0 Å². The number of rotatable bonds is 1. The van der Waals surface area contributed by atoms with Gasteiger partial charge in [0.1, 0.15) is 0 Å². The van der Waals surface area contributed by atoms with Gasteiger partial charge in [0.15, 0.2) is 0 Å². The van der Waals surface area contributed by atoms with Gasteiger partial charge < -0.3 is 21.7 Å². The van der Waals surface area contributed by atoms with Crippen molar-refractivity contribution in [3.8, 4) is 5.75 Å². The monoisotopic (exact) mass is 290 g/mol. The van der Waals surface area contributed by atoms with Gasteiger partial charge in [-0.25, -0.2) is 0 Å². The van der Waals surface area contributed by atoms with E-state index in [1.54, 1.807) is 7.11 Å². The maximum absolute atomic E-state index is 4.89. The maximum Gasteiger partial charge on any atom is 2.00 e. The third kappa shape index (κ3) is 7.12. The van der Waals surface area contributed by atoms with Crippen LogP contribution in [-0.2, 0) is 0 Å². The molecule has 1 aromatic rings. The molecule has 0 aliphatic carbocycles. The fraction of sp³-hybridized carbons (Fsp3) is 0.143. The first kappa shape index (κ1) is 17.7. The zero-order valence-corrected chi connectivity index (χ0v) is 10.9. The summed E-state index contributed by atoms with van der Waals surface area (Å²) in [6.07, 6.45) is 0. The second-order valence-corrected chi connectivity index (χ2v) is 1.44. The van der Waals surface area contributed by atoms with E-state index in [4.69, 9.17) is 4.74 Å². The van der Waals surface area contributed by atoms with E-state index in [-0.39, 0.29) is 57.0 Å². The van der Waals surface area contributed by atoms with Crippen molar-refractivity contribution in [1.29, 1.82) is 0 Å². The number of halogens is 2. The van der Waals surface area contributed by atoms with Crippen LogP contribution in [0, 0.1) is 6.07 Å². The largest absolute Gasteiger partial charge is 2.00 e. The van der Waals surface area contributed by atoms with E-state index in [9.17, 15) is 0 Å². The fourth-order valence-corrected chi connectivity index (χ4v) is 0.508. The molecule has 0 aromatic heterocycles. The topological polar surface area (TPSA) is 9.23 Å². The first-order valence-corrected chi connectivity index (χ1v) is 2.43. The molecule has 0 N–H and O–H groups in total. The molecule has 1 aromatic carbocycles. The maximum atomic E-state index is 4.89. The summed E-state index contributed by atoms with van der Waals surface area (Å²) in [5.74, 6) is 0.878. The number of hydrogen-bond acceptors (Lipinski definition) is 1. The molecule has 11 heavy (non-hydrogen) atoms. The van der Waals surface area contributed by atoms with Crippen LogP contribution in [0.25, 0.3) is 0 Å². The average Bonchev–Trinajstić information content (AvgIpc) is 1.90. The summed E-state index contributed by atoms with van der Waals surface area (Å²) in [5.41, 5.74) is 0. The van der Waals surface area contributed by atoms with Crippen molar-refractivity contribution in [2.75, 3.05) is 7.11 Å². The van der Waals surface area contributed by atoms with Gasteiger partial charge in [-0.2, -0.15) is 18.2 Å². The molecule has 0 bridgehead atoms. The predicted octanol–water partition coefficient (Wildman–Crippen LogP) is -1.30. The molecule has 0 unspecified atom stereocenters. The van der Waals surface area contributed by atoms with E-state index in [1.165, 1.54) is 0 Å². The van der Waals surface area contributed by atoms with Crippen LogP contribution >= 0.6 is 17.0 Å². The molecule has 0 atom stereocenters. The zero-order chi connectivity index (χ0) is 5.82. The molecular formula is C7H8Br2MgO. The van der Waals surface area contributed by atoms with Gasteiger partial charge in [0.2, 0.25) is 0 Å². The Bertz CT molecular complexity index is 158. The van der Waals surface area contributed by atoms with E-state index < -0.39 is 0 Å². The van der Waals surface area contributed by atoms with Crippen LogP contribution in [0.2, 0.25) is 0 Å². The number of ether oxygens (including phenoxy) is 1. The number of methoxy groups -OCH3 is 1. The summed E-state index contributed by atoms with van der Waals surface area (Å²) < 4.78 is 4.89. The second-order valence-electron chi connectivity index (χ2n) is 1.44. The van der Waals surface area contributed by atoms with Crippen LogP contribution in [0.15, 0.2) is 24.3 Å². The Morgan fingerprint density at radius 1 is 1.27 bits per heavy atom. The van der Waals surface area contributed by atoms with E-state index in [2.05, 4.69) is 6.07 Å². The van der Waals surface area contributed by atoms with Crippen LogP contribution in [0.1, 0.15) is 0 Å². The van der Waals surface area contributed by atoms with Gasteiger partial charge in [0.25, 0.3) is 0 Å². The second kappa shape index (κ2) is 10.7. The van der Waals surface area contributed by atoms with Crippen LogP contribution in [-0.4, -0.2) is 30.2 Å². The van der Waals surface area contributed by atoms with Crippen LogP contribution in [0.4, 0.5) is 0 Å². The Kier molecular flexibility index (Phi) is 17.3. The summed E-state index contributed by atoms with van der Waals surface area (Å²) >= 11 is 0. The van der Waals surface area contributed by atoms with Crippen LogP contribution in [0.5, 0.6) is 5.75 Å². The predicted molar refractivity (Wildman–Crippen MR) is 47.9 cm³/mol. The van der Waals surface area contributed by atoms with E-state index in [1.807, 2.05) is 24.3 Å². The molecular weight excluding hydrogens is 284 g/mol. The normalized spacial score (nSPS) is 6.27. The molecule has 0 aliphatic rings. The first-order valence-electron chi connectivity index (χ1n) is 2.43. The van der Waals surface area contributed by atoms with Crippen molar-refractivity contribution in [2.24, 2.45) is 0 Å². The Labute approximate surface area is 104 Å². The van der Waals surface area contributed by atoms with Gasteiger partial charge in [0, 0.05) is 5.75 Å². The smallest absolute Gasteiger partial charge is 1.00 e. The fourth-order valence-electron chi connectivity index (χ4n) is 0.508. The Morgan fingerprint density at radius 2 is 1.73 bits per heavy atom. The van der Waals surface area contributed by atoms with Gasteiger partial charge in [-0.1, -0.05) is 0 Å². The number of benzene rings is 1. The van der Waals surface area contributed by atoms with E-state index in [0.29, 0.717) is 0 Å². The Morgan fingerprint density at radius 3 is 2.00 bits per heavy atom. The van der Waals surface area contributed by atoms with Gasteiger partial charge in [-0.15, -0.1) is 29.1 Å². The van der Waals surface area contributed by atoms with Gasteiger partial charge in [-0.05, 0) is 0 Å². The zero-order valence-electron chi connectivity index (χ0n) is 6.21. The van der Waals surface area contributed by atoms with Gasteiger partial charge in [0.05, 0.1) is 7.11 Å². The minimum atomic E-state index is 0. The van der Waals surface area contributed by atoms with Gasteiger partial charge in [-0.3, -0.25) is 0 Å². The Balaban J connectivity index is -0.000000213. The molecule has 0 heterocycles. The van der Waals surface area contributed by atoms with Gasteiger partial charge >= 0.3 is 23.1 Å². The van der Waals surface area contributed by atoms with Crippen LogP contribution < -0.4 is 21.7 Å². The minimum absolute atomic E-state index is 0. The third-order valence-electron chi connectivity index (χ3n) is 0.923. The molecule has 0 fully saturated rings. The van der Waals surface area contributed by atoms with E-state index in [0.717, 1.165) is 5.75 Å². The van der Waals surface area contributed by atoms with Crippen molar-refractivity contribution in [2.45, 2.75) is 0 Å². The van der Waals surface area contributed by atoms with Crippen molar-refractivity contribution in [3.05, 3.63) is 30.3 Å².